The molecule has 2 aromatic rings. The summed E-state index contributed by atoms with van der Waals surface area (Å²) in [5.74, 6) is -1.12. The van der Waals surface area contributed by atoms with Crippen LogP contribution in [0.5, 0.6) is 0 Å². The molecule has 0 aliphatic rings. The van der Waals surface area contributed by atoms with Gasteiger partial charge in [-0.05, 0) is 46.3 Å². The van der Waals surface area contributed by atoms with Crippen molar-refractivity contribution in [1.29, 1.82) is 0 Å². The Hall–Kier alpha value is -0.910. The van der Waals surface area contributed by atoms with Crippen molar-refractivity contribution in [2.45, 2.75) is 0 Å². The van der Waals surface area contributed by atoms with E-state index in [1.54, 1.807) is 18.2 Å². The maximum atomic E-state index is 13.6. The van der Waals surface area contributed by atoms with Gasteiger partial charge in [-0.1, -0.05) is 33.6 Å². The molecule has 1 amide bonds. The molecule has 0 fully saturated rings. The van der Waals surface area contributed by atoms with Gasteiger partial charge in [-0.25, -0.2) is 4.39 Å². The van der Waals surface area contributed by atoms with E-state index in [1.807, 2.05) is 0 Å². The van der Waals surface area contributed by atoms with E-state index < -0.39 is 11.7 Å². The van der Waals surface area contributed by atoms with Gasteiger partial charge in [0.25, 0.3) is 5.91 Å². The van der Waals surface area contributed by atoms with Crippen LogP contribution in [-0.4, -0.2) is 5.91 Å². The van der Waals surface area contributed by atoms with Gasteiger partial charge in [0.15, 0.2) is 0 Å². The molecule has 0 heterocycles. The quantitative estimate of drug-likeness (QED) is 0.723. The zero-order valence-electron chi connectivity index (χ0n) is 9.38. The van der Waals surface area contributed by atoms with Gasteiger partial charge in [-0.15, -0.1) is 0 Å². The third-order valence-corrected chi connectivity index (χ3v) is 4.26. The predicted molar refractivity (Wildman–Crippen MR) is 81.2 cm³/mol. The first kappa shape index (κ1) is 14.5. The van der Waals surface area contributed by atoms with Crippen molar-refractivity contribution in [1.82, 2.24) is 0 Å². The molecular weight excluding hydrogens is 400 g/mol. The lowest BCUT2D eigenvalue weighted by Gasteiger charge is -2.09. The van der Waals surface area contributed by atoms with Gasteiger partial charge in [0.2, 0.25) is 0 Å². The summed E-state index contributed by atoms with van der Waals surface area (Å²) in [6.07, 6.45) is 0. The van der Waals surface area contributed by atoms with E-state index in [2.05, 4.69) is 37.2 Å². The van der Waals surface area contributed by atoms with Crippen molar-refractivity contribution in [3.8, 4) is 0 Å². The Bertz CT molecular complexity index is 649. The molecule has 0 aliphatic carbocycles. The number of carbonyl (C=O) groups is 1. The normalized spacial score (nSPS) is 10.3. The Labute approximate surface area is 131 Å². The third kappa shape index (κ3) is 3.35. The Morgan fingerprint density at radius 3 is 2.68 bits per heavy atom. The summed E-state index contributed by atoms with van der Waals surface area (Å²) in [5.41, 5.74) is 0.443. The third-order valence-electron chi connectivity index (χ3n) is 2.37. The van der Waals surface area contributed by atoms with E-state index in [9.17, 15) is 9.18 Å². The van der Waals surface area contributed by atoms with E-state index in [4.69, 9.17) is 11.6 Å². The molecule has 2 aromatic carbocycles. The summed E-state index contributed by atoms with van der Waals surface area (Å²) in [5, 5.41) is 3.07. The number of benzene rings is 2. The molecule has 0 spiro atoms. The topological polar surface area (TPSA) is 29.1 Å². The van der Waals surface area contributed by atoms with Crippen LogP contribution in [0.4, 0.5) is 10.1 Å². The second kappa shape index (κ2) is 6.03. The van der Waals surface area contributed by atoms with Gasteiger partial charge in [-0.2, -0.15) is 0 Å². The second-order valence-electron chi connectivity index (χ2n) is 3.68. The molecule has 0 aromatic heterocycles. The van der Waals surface area contributed by atoms with Gasteiger partial charge in [-0.3, -0.25) is 4.79 Å². The van der Waals surface area contributed by atoms with E-state index in [0.717, 1.165) is 0 Å². The van der Waals surface area contributed by atoms with Crippen molar-refractivity contribution in [2.75, 3.05) is 5.32 Å². The first-order valence-corrected chi connectivity index (χ1v) is 7.16. The molecule has 0 bridgehead atoms. The highest BCUT2D eigenvalue weighted by Gasteiger charge is 2.14. The highest BCUT2D eigenvalue weighted by Crippen LogP contribution is 2.30. The van der Waals surface area contributed by atoms with Crippen LogP contribution in [0.1, 0.15) is 10.4 Å². The number of amides is 1. The van der Waals surface area contributed by atoms with Crippen molar-refractivity contribution < 1.29 is 9.18 Å². The predicted octanol–water partition coefficient (Wildman–Crippen LogP) is 5.26. The van der Waals surface area contributed by atoms with Gasteiger partial charge in [0.1, 0.15) is 5.82 Å². The molecule has 0 saturated heterocycles. The molecule has 0 atom stereocenters. The Morgan fingerprint density at radius 2 is 1.95 bits per heavy atom. The summed E-state index contributed by atoms with van der Waals surface area (Å²) in [6, 6.07) is 9.22. The summed E-state index contributed by atoms with van der Waals surface area (Å²) in [6.45, 7) is 0. The summed E-state index contributed by atoms with van der Waals surface area (Å²) in [4.78, 5) is 12.0. The molecular formula is C13H7Br2ClFNO. The van der Waals surface area contributed by atoms with Crippen LogP contribution in [0, 0.1) is 5.82 Å². The van der Waals surface area contributed by atoms with E-state index in [-0.39, 0.29) is 5.56 Å². The number of anilines is 1. The minimum absolute atomic E-state index is 0.0405. The van der Waals surface area contributed by atoms with Crippen LogP contribution in [0.2, 0.25) is 5.02 Å². The van der Waals surface area contributed by atoms with Crippen LogP contribution in [0.25, 0.3) is 0 Å². The number of hydrogen-bond acceptors (Lipinski definition) is 1. The van der Waals surface area contributed by atoms with Gasteiger partial charge in [0, 0.05) is 4.47 Å². The average Bonchev–Trinajstić information content (AvgIpc) is 2.38. The number of nitrogens with one attached hydrogen (secondary N) is 1. The number of hydrogen-bond donors (Lipinski definition) is 1. The molecule has 19 heavy (non-hydrogen) atoms. The fraction of sp³-hybridized carbons (Fsp3) is 0. The van der Waals surface area contributed by atoms with Crippen LogP contribution in [0.15, 0.2) is 45.3 Å². The molecule has 98 valence electrons. The lowest BCUT2D eigenvalue weighted by molar-refractivity contribution is 0.102. The lowest BCUT2D eigenvalue weighted by atomic mass is 10.2. The van der Waals surface area contributed by atoms with Crippen LogP contribution in [0.3, 0.4) is 0 Å². The smallest absolute Gasteiger partial charge is 0.258 e. The summed E-state index contributed by atoms with van der Waals surface area (Å²) >= 11 is 12.4. The average molecular weight is 407 g/mol. The number of carbonyl (C=O) groups excluding carboxylic acids is 1. The van der Waals surface area contributed by atoms with Gasteiger partial charge >= 0.3 is 0 Å². The Balaban J connectivity index is 2.31. The van der Waals surface area contributed by atoms with Crippen LogP contribution >= 0.6 is 43.5 Å². The fourth-order valence-corrected chi connectivity index (χ4v) is 2.36. The van der Waals surface area contributed by atoms with E-state index in [1.165, 1.54) is 18.2 Å². The first-order valence-electron chi connectivity index (χ1n) is 5.19. The fourth-order valence-electron chi connectivity index (χ4n) is 1.46. The highest BCUT2D eigenvalue weighted by atomic mass is 79.9. The SMILES string of the molecule is O=C(Nc1cccc(Cl)c1Br)c1cc(Br)ccc1F. The maximum absolute atomic E-state index is 13.6. The largest absolute Gasteiger partial charge is 0.321 e. The molecule has 1 N–H and O–H groups in total. The number of halogens is 4. The first-order chi connectivity index (χ1) is 8.99. The molecule has 0 unspecified atom stereocenters. The van der Waals surface area contributed by atoms with E-state index >= 15 is 0 Å². The van der Waals surface area contributed by atoms with Crippen molar-refractivity contribution in [2.24, 2.45) is 0 Å². The zero-order chi connectivity index (χ0) is 14.0. The standard InChI is InChI=1S/C13H7Br2ClFNO/c14-7-4-5-10(17)8(6-7)13(19)18-11-3-1-2-9(16)12(11)15/h1-6H,(H,18,19). The van der Waals surface area contributed by atoms with Crippen molar-refractivity contribution in [3.63, 3.8) is 0 Å². The highest BCUT2D eigenvalue weighted by molar-refractivity contribution is 9.11. The monoisotopic (exact) mass is 405 g/mol. The van der Waals surface area contributed by atoms with E-state index in [0.29, 0.717) is 19.7 Å². The van der Waals surface area contributed by atoms with Crippen LogP contribution < -0.4 is 5.32 Å². The van der Waals surface area contributed by atoms with Crippen molar-refractivity contribution in [3.05, 3.63) is 61.7 Å². The molecule has 0 aliphatic heterocycles. The molecule has 6 heteroatoms. The van der Waals surface area contributed by atoms with Crippen LogP contribution in [-0.2, 0) is 0 Å². The van der Waals surface area contributed by atoms with Gasteiger partial charge in [0.05, 0.1) is 20.7 Å². The molecule has 0 saturated carbocycles. The Morgan fingerprint density at radius 1 is 1.21 bits per heavy atom. The summed E-state index contributed by atoms with van der Waals surface area (Å²) in [7, 11) is 0. The second-order valence-corrected chi connectivity index (χ2v) is 5.80. The number of rotatable bonds is 2. The molecule has 2 rings (SSSR count). The zero-order valence-corrected chi connectivity index (χ0v) is 13.3. The minimum atomic E-state index is -0.584. The van der Waals surface area contributed by atoms with Gasteiger partial charge < -0.3 is 5.32 Å². The lowest BCUT2D eigenvalue weighted by Crippen LogP contribution is -2.14. The van der Waals surface area contributed by atoms with Crippen molar-refractivity contribution >= 4 is 55.1 Å². The molecule has 0 radical (unpaired) electrons. The summed E-state index contributed by atoms with van der Waals surface area (Å²) < 4.78 is 14.8. The Kier molecular flexibility index (Phi) is 4.60. The maximum Gasteiger partial charge on any atom is 0.258 e. The minimum Gasteiger partial charge on any atom is -0.321 e. The molecule has 2 nitrogen and oxygen atoms in total.